The molecular formula is C23H36F3N5O6S. The average molecular weight is 568 g/mol. The molecule has 0 aromatic carbocycles. The number of carbonyl (C=O) groups excluding carboxylic acids is 4. The van der Waals surface area contributed by atoms with Gasteiger partial charge in [-0.25, -0.2) is 13.1 Å². The number of primary amides is 1. The van der Waals surface area contributed by atoms with Gasteiger partial charge >= 0.3 is 6.18 Å². The topological polar surface area (TPSA) is 168 Å². The number of halogens is 3. The fraction of sp³-hybridized carbons (Fsp3) is 0.826. The quantitative estimate of drug-likeness (QED) is 0.303. The van der Waals surface area contributed by atoms with Gasteiger partial charge in [0, 0.05) is 19.0 Å². The molecule has 5 N–H and O–H groups in total. The fourth-order valence-electron chi connectivity index (χ4n) is 5.67. The first-order chi connectivity index (χ1) is 17.2. The van der Waals surface area contributed by atoms with Gasteiger partial charge < -0.3 is 21.3 Å². The van der Waals surface area contributed by atoms with Gasteiger partial charge in [0.2, 0.25) is 33.7 Å². The Bertz CT molecular complexity index is 1100. The smallest absolute Gasteiger partial charge is 0.368 e. The molecule has 0 bridgehead atoms. The molecule has 38 heavy (non-hydrogen) atoms. The Kier molecular flexibility index (Phi) is 7.89. The zero-order chi connectivity index (χ0) is 29.0. The summed E-state index contributed by atoms with van der Waals surface area (Å²) < 4.78 is 64.9. The Morgan fingerprint density at radius 1 is 1.21 bits per heavy atom. The van der Waals surface area contributed by atoms with Crippen LogP contribution in [0.3, 0.4) is 0 Å². The van der Waals surface area contributed by atoms with Gasteiger partial charge in [-0.1, -0.05) is 34.6 Å². The molecule has 0 unspecified atom stereocenters. The van der Waals surface area contributed by atoms with Crippen LogP contribution >= 0.6 is 0 Å². The number of hydrogen-bond donors (Lipinski definition) is 4. The van der Waals surface area contributed by atoms with E-state index in [0.29, 0.717) is 13.0 Å². The molecule has 2 saturated heterocycles. The maximum atomic E-state index is 13.7. The van der Waals surface area contributed by atoms with Crippen LogP contribution in [0.15, 0.2) is 0 Å². The first-order valence-corrected chi connectivity index (χ1v) is 14.1. The third-order valence-electron chi connectivity index (χ3n) is 7.87. The van der Waals surface area contributed by atoms with E-state index in [1.165, 1.54) is 25.7 Å². The van der Waals surface area contributed by atoms with Crippen molar-refractivity contribution in [2.45, 2.75) is 71.8 Å². The van der Waals surface area contributed by atoms with E-state index >= 15 is 0 Å². The van der Waals surface area contributed by atoms with Crippen molar-refractivity contribution in [1.29, 1.82) is 0 Å². The molecule has 216 valence electrons. The summed E-state index contributed by atoms with van der Waals surface area (Å²) in [6.45, 7) is 8.84. The second-order valence-electron chi connectivity index (χ2n) is 12.2. The average Bonchev–Trinajstić information content (AvgIpc) is 3.09. The van der Waals surface area contributed by atoms with Crippen molar-refractivity contribution < 1.29 is 40.8 Å². The first kappa shape index (κ1) is 30.1. The molecule has 15 heteroatoms. The number of nitrogens with one attached hydrogen (secondary N) is 3. The van der Waals surface area contributed by atoms with Crippen molar-refractivity contribution in [3.05, 3.63) is 0 Å². The number of carbonyl (C=O) groups is 4. The van der Waals surface area contributed by atoms with Crippen LogP contribution in [0.1, 0.15) is 47.5 Å². The molecule has 3 fully saturated rings. The van der Waals surface area contributed by atoms with Gasteiger partial charge in [0.15, 0.2) is 5.75 Å². The highest BCUT2D eigenvalue weighted by Crippen LogP contribution is 2.65. The molecular weight excluding hydrogens is 531 g/mol. The minimum atomic E-state index is -5.01. The lowest BCUT2D eigenvalue weighted by atomic mass is 9.86. The highest BCUT2D eigenvalue weighted by atomic mass is 32.2. The lowest BCUT2D eigenvalue weighted by Crippen LogP contribution is -2.61. The third kappa shape index (κ3) is 6.41. The molecule has 2 aliphatic heterocycles. The summed E-state index contributed by atoms with van der Waals surface area (Å²) in [7, 11) is -4.93. The van der Waals surface area contributed by atoms with Crippen molar-refractivity contribution in [1.82, 2.24) is 20.3 Å². The monoisotopic (exact) mass is 567 g/mol. The summed E-state index contributed by atoms with van der Waals surface area (Å²) in [6, 6.07) is -3.86. The Hall–Kier alpha value is -2.42. The zero-order valence-corrected chi connectivity index (χ0v) is 22.8. The van der Waals surface area contributed by atoms with Crippen LogP contribution in [0.2, 0.25) is 0 Å². The van der Waals surface area contributed by atoms with E-state index in [2.05, 4.69) is 10.6 Å². The lowest BCUT2D eigenvalue weighted by molar-refractivity contribution is -0.144. The van der Waals surface area contributed by atoms with Crippen LogP contribution in [0.4, 0.5) is 13.2 Å². The molecule has 4 amide bonds. The summed E-state index contributed by atoms with van der Waals surface area (Å²) in [4.78, 5) is 52.4. The minimum Gasteiger partial charge on any atom is -0.368 e. The minimum absolute atomic E-state index is 0.0209. The second-order valence-corrected chi connectivity index (χ2v) is 13.9. The molecule has 3 aliphatic rings. The Balaban J connectivity index is 1.85. The summed E-state index contributed by atoms with van der Waals surface area (Å²) in [6.07, 6.45) is -4.57. The van der Waals surface area contributed by atoms with Crippen molar-refractivity contribution in [2.24, 2.45) is 34.3 Å². The highest BCUT2D eigenvalue weighted by Gasteiger charge is 2.70. The normalized spacial score (nSPS) is 28.3. The Morgan fingerprint density at radius 2 is 1.82 bits per heavy atom. The number of likely N-dealkylation sites (tertiary alicyclic amines) is 1. The lowest BCUT2D eigenvalue weighted by Gasteiger charge is -2.37. The van der Waals surface area contributed by atoms with Crippen LogP contribution in [0, 0.1) is 28.6 Å². The van der Waals surface area contributed by atoms with Gasteiger partial charge in [-0.05, 0) is 35.5 Å². The molecule has 2 heterocycles. The zero-order valence-electron chi connectivity index (χ0n) is 22.0. The van der Waals surface area contributed by atoms with Crippen LogP contribution < -0.4 is 21.1 Å². The number of sulfonamides is 1. The number of fused-ring (bicyclic) bond motifs is 1. The van der Waals surface area contributed by atoms with E-state index < -0.39 is 69.1 Å². The number of hydrogen-bond acceptors (Lipinski definition) is 6. The molecule has 0 aromatic heterocycles. The van der Waals surface area contributed by atoms with Gasteiger partial charge in [-0.3, -0.25) is 19.2 Å². The van der Waals surface area contributed by atoms with Crippen molar-refractivity contribution in [3.8, 4) is 0 Å². The van der Waals surface area contributed by atoms with Crippen LogP contribution in [-0.4, -0.2) is 80.1 Å². The fourth-order valence-corrected chi connectivity index (χ4v) is 7.00. The van der Waals surface area contributed by atoms with Crippen LogP contribution in [0.5, 0.6) is 0 Å². The largest absolute Gasteiger partial charge is 0.404 e. The van der Waals surface area contributed by atoms with Crippen molar-refractivity contribution in [3.63, 3.8) is 0 Å². The van der Waals surface area contributed by atoms with E-state index in [9.17, 15) is 40.8 Å². The SMILES string of the molecule is CC(C)(C)[C@H](NS(=O)(=O)CC(F)(F)F)C(=O)N1C[C@H]2[C@H]([C@H]1C(=O)N[C@@H](C[C@@H]1CCNC1=O)C(N)=O)C2(C)C. The van der Waals surface area contributed by atoms with E-state index in [1.807, 2.05) is 18.6 Å². The van der Waals surface area contributed by atoms with Gasteiger partial charge in [-0.2, -0.15) is 13.2 Å². The molecule has 1 saturated carbocycles. The highest BCUT2D eigenvalue weighted by molar-refractivity contribution is 7.89. The molecule has 6 atom stereocenters. The van der Waals surface area contributed by atoms with Gasteiger partial charge in [0.05, 0.1) is 0 Å². The molecule has 1 aliphatic carbocycles. The third-order valence-corrected chi connectivity index (χ3v) is 9.17. The second kappa shape index (κ2) is 9.96. The van der Waals surface area contributed by atoms with Crippen molar-refractivity contribution >= 4 is 33.7 Å². The first-order valence-electron chi connectivity index (χ1n) is 12.4. The predicted molar refractivity (Wildman–Crippen MR) is 129 cm³/mol. The summed E-state index contributed by atoms with van der Waals surface area (Å²) in [5, 5.41) is 5.21. The van der Waals surface area contributed by atoms with Gasteiger partial charge in [0.1, 0.15) is 18.1 Å². The van der Waals surface area contributed by atoms with Gasteiger partial charge in [0.25, 0.3) is 0 Å². The Labute approximate surface area is 219 Å². The standard InChI is InChI=1S/C23H36F3N5O6S/c1-21(2,3)16(30-38(36,37)10-23(24,25)26)20(35)31-9-12-14(22(12,4)5)15(31)19(34)29-13(17(27)32)8-11-6-7-28-18(11)33/h11-16,30H,6-10H2,1-5H3,(H2,27,32)(H,28,33)(H,29,34)/t11-,12-,13-,14+,15-,16+/m0/s1. The van der Waals surface area contributed by atoms with Crippen LogP contribution in [-0.2, 0) is 29.2 Å². The molecule has 0 spiro atoms. The number of alkyl halides is 3. The molecule has 0 aromatic rings. The van der Waals surface area contributed by atoms with E-state index in [0.717, 1.165) is 0 Å². The van der Waals surface area contributed by atoms with E-state index in [4.69, 9.17) is 5.73 Å². The molecule has 3 rings (SSSR count). The number of amides is 4. The number of rotatable bonds is 9. The summed E-state index contributed by atoms with van der Waals surface area (Å²) in [5.41, 5.74) is 4.02. The number of nitrogens with two attached hydrogens (primary N) is 1. The van der Waals surface area contributed by atoms with E-state index in [-0.39, 0.29) is 36.1 Å². The molecule has 0 radical (unpaired) electrons. The van der Waals surface area contributed by atoms with E-state index in [1.54, 1.807) is 0 Å². The number of nitrogens with zero attached hydrogens (tertiary/aromatic N) is 1. The maximum Gasteiger partial charge on any atom is 0.404 e. The maximum absolute atomic E-state index is 13.7. The summed E-state index contributed by atoms with van der Waals surface area (Å²) >= 11 is 0. The van der Waals surface area contributed by atoms with Gasteiger partial charge in [-0.15, -0.1) is 0 Å². The summed E-state index contributed by atoms with van der Waals surface area (Å²) in [5.74, 6) is -5.74. The van der Waals surface area contributed by atoms with Crippen LogP contribution in [0.25, 0.3) is 0 Å². The number of piperidine rings is 1. The van der Waals surface area contributed by atoms with Crippen molar-refractivity contribution in [2.75, 3.05) is 18.8 Å². The Morgan fingerprint density at radius 3 is 2.29 bits per heavy atom. The predicted octanol–water partition coefficient (Wildman–Crippen LogP) is -0.138. The molecule has 11 nitrogen and oxygen atoms in total.